The molecular formula is C13H16N2O4. The van der Waals surface area contributed by atoms with E-state index in [9.17, 15) is 0 Å². The first-order chi connectivity index (χ1) is 9.24. The van der Waals surface area contributed by atoms with Crippen molar-refractivity contribution < 1.29 is 18.6 Å². The summed E-state index contributed by atoms with van der Waals surface area (Å²) in [6.07, 6.45) is 1.60. The van der Waals surface area contributed by atoms with Gasteiger partial charge in [-0.1, -0.05) is 0 Å². The molecule has 0 aliphatic heterocycles. The second-order valence-electron chi connectivity index (χ2n) is 3.70. The lowest BCUT2D eigenvalue weighted by Crippen LogP contribution is -1.96. The lowest BCUT2D eigenvalue weighted by molar-refractivity contribution is 0.324. The van der Waals surface area contributed by atoms with Crippen molar-refractivity contribution in [1.82, 2.24) is 4.98 Å². The summed E-state index contributed by atoms with van der Waals surface area (Å²) in [5.41, 5.74) is 6.21. The number of nitrogens with two attached hydrogens (primary N) is 1. The van der Waals surface area contributed by atoms with Gasteiger partial charge in [0.15, 0.2) is 17.3 Å². The number of aromatic nitrogens is 1. The Hall–Kier alpha value is -2.21. The van der Waals surface area contributed by atoms with Crippen LogP contribution >= 0.6 is 0 Å². The molecule has 0 aliphatic rings. The van der Waals surface area contributed by atoms with E-state index < -0.39 is 0 Å². The van der Waals surface area contributed by atoms with Crippen molar-refractivity contribution in [3.63, 3.8) is 0 Å². The van der Waals surface area contributed by atoms with Gasteiger partial charge in [-0.15, -0.1) is 0 Å². The first-order valence-electron chi connectivity index (χ1n) is 5.69. The van der Waals surface area contributed by atoms with Gasteiger partial charge in [0.1, 0.15) is 0 Å². The molecule has 6 nitrogen and oxygen atoms in total. The largest absolute Gasteiger partial charge is 0.493 e. The third-order valence-electron chi connectivity index (χ3n) is 2.70. The molecule has 102 valence electrons. The Morgan fingerprint density at radius 1 is 1.11 bits per heavy atom. The minimum Gasteiger partial charge on any atom is -0.493 e. The van der Waals surface area contributed by atoms with Crippen LogP contribution < -0.4 is 19.9 Å². The summed E-state index contributed by atoms with van der Waals surface area (Å²) in [6, 6.07) is 3.60. The maximum atomic E-state index is 5.52. The van der Waals surface area contributed by atoms with Crippen molar-refractivity contribution in [3.05, 3.63) is 24.2 Å². The summed E-state index contributed by atoms with van der Waals surface area (Å²) >= 11 is 0. The predicted octanol–water partition coefficient (Wildman–Crippen LogP) is 1.83. The molecule has 1 aromatic heterocycles. The fourth-order valence-electron chi connectivity index (χ4n) is 1.82. The Kier molecular flexibility index (Phi) is 3.91. The van der Waals surface area contributed by atoms with Crippen LogP contribution in [0.4, 0.5) is 0 Å². The highest BCUT2D eigenvalue weighted by Crippen LogP contribution is 2.44. The molecule has 1 heterocycles. The van der Waals surface area contributed by atoms with Crippen LogP contribution in [-0.2, 0) is 6.54 Å². The van der Waals surface area contributed by atoms with Crippen molar-refractivity contribution in [1.29, 1.82) is 0 Å². The van der Waals surface area contributed by atoms with Crippen molar-refractivity contribution in [2.45, 2.75) is 6.54 Å². The fourth-order valence-corrected chi connectivity index (χ4v) is 1.82. The lowest BCUT2D eigenvalue weighted by atomic mass is 10.1. The van der Waals surface area contributed by atoms with Crippen LogP contribution in [0.1, 0.15) is 5.89 Å². The van der Waals surface area contributed by atoms with Crippen LogP contribution in [0.25, 0.3) is 11.3 Å². The average molecular weight is 264 g/mol. The molecule has 2 N–H and O–H groups in total. The fraction of sp³-hybridized carbons (Fsp3) is 0.308. The smallest absolute Gasteiger partial charge is 0.208 e. The van der Waals surface area contributed by atoms with Gasteiger partial charge in [-0.2, -0.15) is 0 Å². The SMILES string of the molecule is COc1ccc(-c2cnc(CN)o2)c(OC)c1OC. The zero-order valence-corrected chi connectivity index (χ0v) is 11.1. The second-order valence-corrected chi connectivity index (χ2v) is 3.70. The van der Waals surface area contributed by atoms with Crippen molar-refractivity contribution >= 4 is 0 Å². The van der Waals surface area contributed by atoms with E-state index in [0.717, 1.165) is 5.56 Å². The number of methoxy groups -OCH3 is 3. The Morgan fingerprint density at radius 3 is 2.37 bits per heavy atom. The highest BCUT2D eigenvalue weighted by Gasteiger charge is 2.19. The highest BCUT2D eigenvalue weighted by molar-refractivity contribution is 5.72. The average Bonchev–Trinajstić information content (AvgIpc) is 2.94. The molecule has 0 radical (unpaired) electrons. The van der Waals surface area contributed by atoms with Gasteiger partial charge in [-0.25, -0.2) is 4.98 Å². The molecule has 0 unspecified atom stereocenters. The second kappa shape index (κ2) is 5.62. The molecule has 0 aliphatic carbocycles. The minimum atomic E-state index is 0.246. The zero-order valence-electron chi connectivity index (χ0n) is 11.1. The van der Waals surface area contributed by atoms with Gasteiger partial charge in [0.25, 0.3) is 0 Å². The lowest BCUT2D eigenvalue weighted by Gasteiger charge is -2.14. The number of nitrogens with zero attached hydrogens (tertiary/aromatic N) is 1. The number of benzene rings is 1. The van der Waals surface area contributed by atoms with E-state index in [-0.39, 0.29) is 6.54 Å². The third kappa shape index (κ3) is 2.34. The third-order valence-corrected chi connectivity index (χ3v) is 2.70. The Bertz CT molecular complexity index is 566. The van der Waals surface area contributed by atoms with Gasteiger partial charge in [-0.05, 0) is 12.1 Å². The van der Waals surface area contributed by atoms with Crippen molar-refractivity contribution in [2.24, 2.45) is 5.73 Å². The van der Waals surface area contributed by atoms with Crippen LogP contribution in [-0.4, -0.2) is 26.3 Å². The Labute approximate surface area is 111 Å². The first-order valence-corrected chi connectivity index (χ1v) is 5.69. The van der Waals surface area contributed by atoms with E-state index >= 15 is 0 Å². The Balaban J connectivity index is 2.56. The van der Waals surface area contributed by atoms with Crippen molar-refractivity contribution in [3.8, 4) is 28.6 Å². The van der Waals surface area contributed by atoms with E-state index in [1.165, 1.54) is 0 Å². The van der Waals surface area contributed by atoms with E-state index in [2.05, 4.69) is 4.98 Å². The molecular weight excluding hydrogens is 248 g/mol. The van der Waals surface area contributed by atoms with Crippen LogP contribution in [0.15, 0.2) is 22.7 Å². The molecule has 0 atom stereocenters. The normalized spacial score (nSPS) is 10.3. The topological polar surface area (TPSA) is 79.7 Å². The van der Waals surface area contributed by atoms with Gasteiger partial charge >= 0.3 is 0 Å². The summed E-state index contributed by atoms with van der Waals surface area (Å²) in [6.45, 7) is 0.246. The zero-order chi connectivity index (χ0) is 13.8. The Morgan fingerprint density at radius 2 is 1.84 bits per heavy atom. The van der Waals surface area contributed by atoms with Crippen LogP contribution in [0, 0.1) is 0 Å². The van der Waals surface area contributed by atoms with Crippen molar-refractivity contribution in [2.75, 3.05) is 21.3 Å². The predicted molar refractivity (Wildman–Crippen MR) is 69.5 cm³/mol. The summed E-state index contributed by atoms with van der Waals surface area (Å²) in [5.74, 6) is 2.65. The summed E-state index contributed by atoms with van der Waals surface area (Å²) in [4.78, 5) is 4.07. The van der Waals surface area contributed by atoms with Crippen LogP contribution in [0.3, 0.4) is 0 Å². The van der Waals surface area contributed by atoms with Gasteiger partial charge < -0.3 is 24.4 Å². The number of hydrogen-bond acceptors (Lipinski definition) is 6. The quantitative estimate of drug-likeness (QED) is 0.887. The van der Waals surface area contributed by atoms with E-state index in [4.69, 9.17) is 24.4 Å². The van der Waals surface area contributed by atoms with Crippen LogP contribution in [0.2, 0.25) is 0 Å². The molecule has 0 spiro atoms. The summed E-state index contributed by atoms with van der Waals surface area (Å²) < 4.78 is 21.4. The van der Waals surface area contributed by atoms with E-state index in [1.54, 1.807) is 33.6 Å². The molecule has 0 saturated heterocycles. The van der Waals surface area contributed by atoms with Gasteiger partial charge in [-0.3, -0.25) is 0 Å². The number of ether oxygens (including phenoxy) is 3. The molecule has 0 bridgehead atoms. The van der Waals surface area contributed by atoms with Gasteiger partial charge in [0.2, 0.25) is 11.6 Å². The molecule has 2 rings (SSSR count). The number of oxazole rings is 1. The van der Waals surface area contributed by atoms with E-state index in [0.29, 0.717) is 28.9 Å². The molecule has 0 fully saturated rings. The summed E-state index contributed by atoms with van der Waals surface area (Å²) in [7, 11) is 4.68. The maximum Gasteiger partial charge on any atom is 0.208 e. The first kappa shape index (κ1) is 13.2. The molecule has 0 amide bonds. The molecule has 0 saturated carbocycles. The molecule has 2 aromatic rings. The molecule has 1 aromatic carbocycles. The monoisotopic (exact) mass is 264 g/mol. The van der Waals surface area contributed by atoms with E-state index in [1.807, 2.05) is 6.07 Å². The molecule has 19 heavy (non-hydrogen) atoms. The maximum absolute atomic E-state index is 5.52. The van der Waals surface area contributed by atoms with Crippen LogP contribution in [0.5, 0.6) is 17.2 Å². The van der Waals surface area contributed by atoms with Gasteiger partial charge in [0.05, 0.1) is 39.6 Å². The van der Waals surface area contributed by atoms with Gasteiger partial charge in [0, 0.05) is 0 Å². The highest BCUT2D eigenvalue weighted by atomic mass is 16.5. The molecule has 6 heteroatoms. The standard InChI is InChI=1S/C13H16N2O4/c1-16-9-5-4-8(12(17-2)13(9)18-3)10-7-15-11(6-14)19-10/h4-5,7H,6,14H2,1-3H3. The summed E-state index contributed by atoms with van der Waals surface area (Å²) in [5, 5.41) is 0. The number of rotatable bonds is 5. The minimum absolute atomic E-state index is 0.246. The number of hydrogen-bond donors (Lipinski definition) is 1.